The van der Waals surface area contributed by atoms with Crippen LogP contribution in [-0.4, -0.2) is 46.4 Å². The minimum atomic E-state index is -0.537. The highest BCUT2D eigenvalue weighted by Gasteiger charge is 2.20. The number of para-hydroxylation sites is 1. The Morgan fingerprint density at radius 3 is 2.54 bits per heavy atom. The molecule has 1 amide bonds. The first-order chi connectivity index (χ1) is 13.6. The van der Waals surface area contributed by atoms with Gasteiger partial charge in [-0.15, -0.1) is 0 Å². The van der Waals surface area contributed by atoms with Crippen molar-refractivity contribution in [2.24, 2.45) is 10.9 Å². The summed E-state index contributed by atoms with van der Waals surface area (Å²) >= 11 is 0.999. The van der Waals surface area contributed by atoms with Crippen molar-refractivity contribution in [1.29, 1.82) is 0 Å². The molecule has 0 atom stereocenters. The number of nitrogens with zero attached hydrogens (tertiary/aromatic N) is 1. The molecule has 152 valence electrons. The van der Waals surface area contributed by atoms with Crippen LogP contribution in [0.1, 0.15) is 10.4 Å². The largest absolute Gasteiger partial charge is 0.454 e. The van der Waals surface area contributed by atoms with Crippen molar-refractivity contribution in [3.8, 4) is 11.5 Å². The van der Waals surface area contributed by atoms with Gasteiger partial charge < -0.3 is 24.9 Å². The van der Waals surface area contributed by atoms with Gasteiger partial charge in [0.05, 0.1) is 24.3 Å². The molecule has 0 unspecified atom stereocenters. The Labute approximate surface area is 169 Å². The second-order valence-corrected chi connectivity index (χ2v) is 6.47. The SMILES string of the molecule is COCCN(CCNOC)c1cc(C(N)=O)cc(SN)c1Oc1ccccc1. The molecule has 8 nitrogen and oxygen atoms in total. The van der Waals surface area contributed by atoms with Gasteiger partial charge >= 0.3 is 0 Å². The van der Waals surface area contributed by atoms with Gasteiger partial charge in [-0.1, -0.05) is 18.2 Å². The second kappa shape index (κ2) is 11.5. The molecule has 2 aromatic carbocycles. The van der Waals surface area contributed by atoms with Crippen molar-refractivity contribution in [3.63, 3.8) is 0 Å². The molecule has 0 spiro atoms. The quantitative estimate of drug-likeness (QED) is 0.279. The molecule has 0 saturated heterocycles. The molecule has 0 aromatic heterocycles. The molecule has 2 aromatic rings. The summed E-state index contributed by atoms with van der Waals surface area (Å²) in [4.78, 5) is 19.4. The van der Waals surface area contributed by atoms with E-state index in [0.29, 0.717) is 53.9 Å². The predicted molar refractivity (Wildman–Crippen MR) is 111 cm³/mol. The van der Waals surface area contributed by atoms with Crippen LogP contribution in [0, 0.1) is 0 Å². The summed E-state index contributed by atoms with van der Waals surface area (Å²) in [7, 11) is 3.19. The van der Waals surface area contributed by atoms with Crippen LogP contribution in [-0.2, 0) is 9.57 Å². The zero-order valence-corrected chi connectivity index (χ0v) is 16.8. The van der Waals surface area contributed by atoms with E-state index in [-0.39, 0.29) is 0 Å². The summed E-state index contributed by atoms with van der Waals surface area (Å²) in [5, 5.41) is 5.87. The fourth-order valence-electron chi connectivity index (χ4n) is 2.60. The number of hydrogen-bond donors (Lipinski definition) is 3. The number of benzene rings is 2. The number of methoxy groups -OCH3 is 1. The van der Waals surface area contributed by atoms with E-state index in [4.69, 9.17) is 25.2 Å². The minimum Gasteiger partial charge on any atom is -0.454 e. The number of nitrogens with one attached hydrogen (secondary N) is 1. The molecular weight excluding hydrogens is 380 g/mol. The predicted octanol–water partition coefficient (Wildman–Crippen LogP) is 2.15. The van der Waals surface area contributed by atoms with Crippen molar-refractivity contribution < 1.29 is 19.1 Å². The molecule has 0 aliphatic heterocycles. The lowest BCUT2D eigenvalue weighted by Crippen LogP contribution is -2.34. The smallest absolute Gasteiger partial charge is 0.248 e. The molecule has 0 aliphatic carbocycles. The summed E-state index contributed by atoms with van der Waals surface area (Å²) in [6.07, 6.45) is 0. The van der Waals surface area contributed by atoms with Gasteiger partial charge in [-0.2, -0.15) is 0 Å². The van der Waals surface area contributed by atoms with E-state index in [1.54, 1.807) is 26.4 Å². The Balaban J connectivity index is 2.50. The second-order valence-electron chi connectivity index (χ2n) is 5.80. The van der Waals surface area contributed by atoms with Gasteiger partial charge in [0.1, 0.15) is 5.75 Å². The van der Waals surface area contributed by atoms with Crippen molar-refractivity contribution >= 4 is 23.5 Å². The third kappa shape index (κ3) is 6.11. The topological polar surface area (TPSA) is 112 Å². The van der Waals surface area contributed by atoms with Crippen molar-refractivity contribution in [1.82, 2.24) is 5.48 Å². The zero-order chi connectivity index (χ0) is 20.4. The summed E-state index contributed by atoms with van der Waals surface area (Å²) in [5.74, 6) is 0.675. The van der Waals surface area contributed by atoms with Crippen molar-refractivity contribution in [3.05, 3.63) is 48.0 Å². The molecule has 0 heterocycles. The van der Waals surface area contributed by atoms with Gasteiger partial charge in [0, 0.05) is 32.3 Å². The Morgan fingerprint density at radius 1 is 1.18 bits per heavy atom. The molecule has 5 N–H and O–H groups in total. The van der Waals surface area contributed by atoms with E-state index in [1.807, 2.05) is 35.2 Å². The van der Waals surface area contributed by atoms with Crippen LogP contribution in [0.15, 0.2) is 47.4 Å². The number of nitrogens with two attached hydrogens (primary N) is 2. The Kier molecular flexibility index (Phi) is 9.05. The third-order valence-corrected chi connectivity index (χ3v) is 4.50. The zero-order valence-electron chi connectivity index (χ0n) is 16.0. The molecular formula is C19H26N4O4S. The number of hydrogen-bond acceptors (Lipinski definition) is 8. The molecule has 0 bridgehead atoms. The van der Waals surface area contributed by atoms with Gasteiger partial charge in [-0.25, -0.2) is 5.48 Å². The molecule has 2 rings (SSSR count). The van der Waals surface area contributed by atoms with Crippen LogP contribution in [0.5, 0.6) is 11.5 Å². The van der Waals surface area contributed by atoms with Crippen molar-refractivity contribution in [2.75, 3.05) is 45.4 Å². The number of carbonyl (C=O) groups is 1. The van der Waals surface area contributed by atoms with Gasteiger partial charge in [0.2, 0.25) is 5.91 Å². The van der Waals surface area contributed by atoms with E-state index < -0.39 is 5.91 Å². The van der Waals surface area contributed by atoms with Gasteiger partial charge in [-0.3, -0.25) is 9.93 Å². The Hall–Kier alpha value is -2.30. The number of anilines is 1. The van der Waals surface area contributed by atoms with Crippen LogP contribution in [0.25, 0.3) is 0 Å². The van der Waals surface area contributed by atoms with Gasteiger partial charge in [0.25, 0.3) is 0 Å². The van der Waals surface area contributed by atoms with Gasteiger partial charge in [0.15, 0.2) is 5.75 Å². The lowest BCUT2D eigenvalue weighted by Gasteiger charge is -2.28. The van der Waals surface area contributed by atoms with Crippen molar-refractivity contribution in [2.45, 2.75) is 4.90 Å². The van der Waals surface area contributed by atoms with Crippen LogP contribution >= 0.6 is 11.9 Å². The maximum atomic E-state index is 11.8. The highest BCUT2D eigenvalue weighted by atomic mass is 32.2. The van der Waals surface area contributed by atoms with Crippen LogP contribution < -0.4 is 26.0 Å². The van der Waals surface area contributed by atoms with E-state index in [2.05, 4.69) is 5.48 Å². The molecule has 9 heteroatoms. The fourth-order valence-corrected chi connectivity index (χ4v) is 3.05. The number of primary amides is 1. The minimum absolute atomic E-state index is 0.352. The highest BCUT2D eigenvalue weighted by molar-refractivity contribution is 7.97. The number of hydroxylamine groups is 1. The maximum Gasteiger partial charge on any atom is 0.248 e. The van der Waals surface area contributed by atoms with Gasteiger partial charge in [-0.05, 0) is 36.2 Å². The summed E-state index contributed by atoms with van der Waals surface area (Å²) in [6, 6.07) is 12.7. The Morgan fingerprint density at radius 2 is 1.93 bits per heavy atom. The van der Waals surface area contributed by atoms with E-state index in [9.17, 15) is 4.79 Å². The summed E-state index contributed by atoms with van der Waals surface area (Å²) in [6.45, 7) is 2.20. The summed E-state index contributed by atoms with van der Waals surface area (Å²) in [5.41, 5.74) is 9.39. The molecule has 0 saturated carbocycles. The first kappa shape index (κ1) is 22.0. The average molecular weight is 407 g/mol. The number of carbonyl (C=O) groups excluding carboxylic acids is 1. The fraction of sp³-hybridized carbons (Fsp3) is 0.316. The van der Waals surface area contributed by atoms with Crippen LogP contribution in [0.2, 0.25) is 0 Å². The first-order valence-corrected chi connectivity index (χ1v) is 9.55. The lowest BCUT2D eigenvalue weighted by molar-refractivity contribution is 0.0934. The lowest BCUT2D eigenvalue weighted by atomic mass is 10.1. The van der Waals surface area contributed by atoms with E-state index >= 15 is 0 Å². The van der Waals surface area contributed by atoms with Crippen LogP contribution in [0.3, 0.4) is 0 Å². The molecule has 0 radical (unpaired) electrons. The number of rotatable bonds is 12. The highest BCUT2D eigenvalue weighted by Crippen LogP contribution is 2.40. The maximum absolute atomic E-state index is 11.8. The monoisotopic (exact) mass is 406 g/mol. The number of ether oxygens (including phenoxy) is 2. The normalized spacial score (nSPS) is 10.7. The third-order valence-electron chi connectivity index (χ3n) is 3.94. The molecule has 0 fully saturated rings. The number of amides is 1. The Bertz CT molecular complexity index is 761. The first-order valence-electron chi connectivity index (χ1n) is 8.68. The summed E-state index contributed by atoms with van der Waals surface area (Å²) < 4.78 is 11.4. The standard InChI is InChI=1S/C19H26N4O4S/c1-25-11-10-23(9-8-22-26-2)16-12-14(19(20)24)13-17(28-21)18(16)27-15-6-4-3-5-7-15/h3-7,12-13,22H,8-11,21H2,1-2H3,(H2,20,24). The average Bonchev–Trinajstić information content (AvgIpc) is 2.71. The van der Waals surface area contributed by atoms with Crippen LogP contribution in [0.4, 0.5) is 5.69 Å². The van der Waals surface area contributed by atoms with E-state index in [0.717, 1.165) is 11.9 Å². The molecule has 0 aliphatic rings. The van der Waals surface area contributed by atoms with E-state index in [1.165, 1.54) is 0 Å². The molecule has 28 heavy (non-hydrogen) atoms.